The maximum Gasteiger partial charge on any atom is 0.304 e. The SMILES string of the molecule is O=C(O)CCNCC(Cl)=CCl. The molecule has 0 fully saturated rings. The van der Waals surface area contributed by atoms with Gasteiger partial charge in [-0.3, -0.25) is 4.79 Å². The maximum atomic E-state index is 10.00. The Hall–Kier alpha value is -0.250. The first-order valence-corrected chi connectivity index (χ1v) is 3.85. The summed E-state index contributed by atoms with van der Waals surface area (Å²) < 4.78 is 0. The Kier molecular flexibility index (Phi) is 6.31. The molecule has 0 bridgehead atoms. The minimum absolute atomic E-state index is 0.0897. The number of halogens is 2. The van der Waals surface area contributed by atoms with Gasteiger partial charge in [-0.1, -0.05) is 23.2 Å². The van der Waals surface area contributed by atoms with Crippen molar-refractivity contribution in [1.29, 1.82) is 0 Å². The first-order chi connectivity index (χ1) is 5.16. The molecule has 0 atom stereocenters. The smallest absolute Gasteiger partial charge is 0.304 e. The molecule has 0 saturated carbocycles. The fourth-order valence-electron chi connectivity index (χ4n) is 0.442. The second-order valence-corrected chi connectivity index (χ2v) is 2.58. The molecule has 0 unspecified atom stereocenters. The van der Waals surface area contributed by atoms with Crippen molar-refractivity contribution in [2.24, 2.45) is 0 Å². The van der Waals surface area contributed by atoms with Crippen LogP contribution in [0.25, 0.3) is 0 Å². The van der Waals surface area contributed by atoms with E-state index in [1.165, 1.54) is 5.54 Å². The molecule has 0 amide bonds. The van der Waals surface area contributed by atoms with Crippen molar-refractivity contribution in [3.8, 4) is 0 Å². The van der Waals surface area contributed by atoms with Crippen LogP contribution in [0.2, 0.25) is 0 Å². The average molecular weight is 198 g/mol. The molecular formula is C6H9Cl2NO2. The number of hydrogen-bond donors (Lipinski definition) is 2. The highest BCUT2D eigenvalue weighted by Gasteiger charge is 1.95. The fraction of sp³-hybridized carbons (Fsp3) is 0.500. The highest BCUT2D eigenvalue weighted by atomic mass is 35.5. The van der Waals surface area contributed by atoms with Gasteiger partial charge >= 0.3 is 5.97 Å². The van der Waals surface area contributed by atoms with Crippen LogP contribution in [-0.2, 0) is 4.79 Å². The van der Waals surface area contributed by atoms with Crippen molar-refractivity contribution in [2.45, 2.75) is 6.42 Å². The number of rotatable bonds is 5. The monoisotopic (exact) mass is 197 g/mol. The lowest BCUT2D eigenvalue weighted by Gasteiger charge is -1.99. The Morgan fingerprint density at radius 1 is 1.64 bits per heavy atom. The summed E-state index contributed by atoms with van der Waals surface area (Å²) in [6.45, 7) is 0.814. The summed E-state index contributed by atoms with van der Waals surface area (Å²) in [4.78, 5) is 10.00. The first-order valence-electron chi connectivity index (χ1n) is 3.04. The van der Waals surface area contributed by atoms with Crippen LogP contribution >= 0.6 is 23.2 Å². The topological polar surface area (TPSA) is 49.3 Å². The van der Waals surface area contributed by atoms with Gasteiger partial charge in [0.1, 0.15) is 0 Å². The molecule has 0 aromatic carbocycles. The van der Waals surface area contributed by atoms with Crippen molar-refractivity contribution in [3.63, 3.8) is 0 Å². The van der Waals surface area contributed by atoms with E-state index in [0.29, 0.717) is 18.1 Å². The van der Waals surface area contributed by atoms with Crippen molar-refractivity contribution in [2.75, 3.05) is 13.1 Å². The van der Waals surface area contributed by atoms with Gasteiger partial charge in [0.25, 0.3) is 0 Å². The number of nitrogens with one attached hydrogen (secondary N) is 1. The summed E-state index contributed by atoms with van der Waals surface area (Å²) in [5.74, 6) is -0.830. The van der Waals surface area contributed by atoms with Gasteiger partial charge in [0.15, 0.2) is 0 Å². The van der Waals surface area contributed by atoms with Gasteiger partial charge in [0.05, 0.1) is 6.42 Å². The molecule has 0 spiro atoms. The van der Waals surface area contributed by atoms with Gasteiger partial charge in [-0.2, -0.15) is 0 Å². The molecule has 0 aliphatic rings. The molecule has 0 saturated heterocycles. The van der Waals surface area contributed by atoms with Gasteiger partial charge in [0, 0.05) is 23.7 Å². The zero-order chi connectivity index (χ0) is 8.69. The predicted octanol–water partition coefficient (Wildman–Crippen LogP) is 1.37. The van der Waals surface area contributed by atoms with E-state index in [1.807, 2.05) is 0 Å². The molecule has 64 valence electrons. The zero-order valence-corrected chi connectivity index (χ0v) is 7.32. The molecule has 0 aliphatic heterocycles. The Morgan fingerprint density at radius 3 is 2.73 bits per heavy atom. The molecule has 3 nitrogen and oxygen atoms in total. The van der Waals surface area contributed by atoms with Crippen molar-refractivity contribution >= 4 is 29.2 Å². The number of aliphatic carboxylic acids is 1. The Balaban J connectivity index is 3.21. The molecular weight excluding hydrogens is 189 g/mol. The molecule has 2 N–H and O–H groups in total. The van der Waals surface area contributed by atoms with E-state index in [-0.39, 0.29) is 6.42 Å². The average Bonchev–Trinajstić information content (AvgIpc) is 1.97. The molecule has 5 heteroatoms. The third-order valence-corrected chi connectivity index (χ3v) is 1.55. The molecule has 0 radical (unpaired) electrons. The van der Waals surface area contributed by atoms with E-state index in [1.54, 1.807) is 0 Å². The normalized spacial score (nSPS) is 11.6. The third-order valence-electron chi connectivity index (χ3n) is 0.928. The molecule has 0 heterocycles. The highest BCUT2D eigenvalue weighted by Crippen LogP contribution is 1.99. The summed E-state index contributed by atoms with van der Waals surface area (Å²) in [6, 6.07) is 0. The van der Waals surface area contributed by atoms with E-state index in [0.717, 1.165) is 0 Å². The Labute approximate surface area is 75.0 Å². The van der Waals surface area contributed by atoms with Crippen LogP contribution in [0, 0.1) is 0 Å². The summed E-state index contributed by atoms with van der Waals surface area (Å²) in [5.41, 5.74) is 1.25. The lowest BCUT2D eigenvalue weighted by molar-refractivity contribution is -0.136. The maximum absolute atomic E-state index is 10.00. The Bertz CT molecular complexity index is 159. The second-order valence-electron chi connectivity index (χ2n) is 1.88. The van der Waals surface area contributed by atoms with Crippen molar-refractivity contribution < 1.29 is 9.90 Å². The number of hydrogen-bond acceptors (Lipinski definition) is 2. The lowest BCUT2D eigenvalue weighted by atomic mass is 10.4. The van der Waals surface area contributed by atoms with Crippen LogP contribution in [0.15, 0.2) is 10.6 Å². The van der Waals surface area contributed by atoms with E-state index < -0.39 is 5.97 Å². The predicted molar refractivity (Wildman–Crippen MR) is 44.9 cm³/mol. The van der Waals surface area contributed by atoms with Crippen molar-refractivity contribution in [1.82, 2.24) is 5.32 Å². The number of carbonyl (C=O) groups is 1. The molecule has 0 aromatic heterocycles. The quantitative estimate of drug-likeness (QED) is 0.656. The van der Waals surface area contributed by atoms with Gasteiger partial charge in [0.2, 0.25) is 0 Å². The largest absolute Gasteiger partial charge is 0.481 e. The Morgan fingerprint density at radius 2 is 2.27 bits per heavy atom. The second kappa shape index (κ2) is 6.46. The van der Waals surface area contributed by atoms with E-state index >= 15 is 0 Å². The summed E-state index contributed by atoms with van der Waals surface area (Å²) in [5, 5.41) is 11.5. The number of carboxylic acids is 1. The third kappa shape index (κ3) is 7.65. The zero-order valence-electron chi connectivity index (χ0n) is 5.81. The van der Waals surface area contributed by atoms with E-state index in [2.05, 4.69) is 5.32 Å². The van der Waals surface area contributed by atoms with Crippen LogP contribution in [0.5, 0.6) is 0 Å². The molecule has 0 aromatic rings. The van der Waals surface area contributed by atoms with Crippen LogP contribution in [0.4, 0.5) is 0 Å². The van der Waals surface area contributed by atoms with Crippen LogP contribution in [0.3, 0.4) is 0 Å². The first kappa shape index (κ1) is 10.8. The minimum atomic E-state index is -0.830. The molecule has 0 rings (SSSR count). The van der Waals surface area contributed by atoms with Crippen LogP contribution < -0.4 is 5.32 Å². The lowest BCUT2D eigenvalue weighted by Crippen LogP contribution is -2.19. The fourth-order valence-corrected chi connectivity index (χ4v) is 0.613. The summed E-state index contributed by atoms with van der Waals surface area (Å²) >= 11 is 10.7. The number of carboxylic acid groups (broad SMARTS) is 1. The molecule has 0 aliphatic carbocycles. The van der Waals surface area contributed by atoms with Gasteiger partial charge in [-0.25, -0.2) is 0 Å². The van der Waals surface area contributed by atoms with Crippen LogP contribution in [-0.4, -0.2) is 24.2 Å². The highest BCUT2D eigenvalue weighted by molar-refractivity contribution is 6.36. The van der Waals surface area contributed by atoms with Gasteiger partial charge < -0.3 is 10.4 Å². The van der Waals surface area contributed by atoms with E-state index in [4.69, 9.17) is 28.3 Å². The van der Waals surface area contributed by atoms with Gasteiger partial charge in [-0.05, 0) is 0 Å². The summed E-state index contributed by atoms with van der Waals surface area (Å²) in [6.07, 6.45) is 0.0897. The van der Waals surface area contributed by atoms with E-state index in [9.17, 15) is 4.79 Å². The summed E-state index contributed by atoms with van der Waals surface area (Å²) in [7, 11) is 0. The van der Waals surface area contributed by atoms with Crippen LogP contribution in [0.1, 0.15) is 6.42 Å². The molecule has 11 heavy (non-hydrogen) atoms. The standard InChI is InChI=1S/C6H9Cl2NO2/c7-3-5(8)4-9-2-1-6(10)11/h3,9H,1-2,4H2,(H,10,11). The minimum Gasteiger partial charge on any atom is -0.481 e. The van der Waals surface area contributed by atoms with Crippen molar-refractivity contribution in [3.05, 3.63) is 10.6 Å². The van der Waals surface area contributed by atoms with Gasteiger partial charge in [-0.15, -0.1) is 0 Å².